The summed E-state index contributed by atoms with van der Waals surface area (Å²) in [4.78, 5) is 0.365. The van der Waals surface area contributed by atoms with Gasteiger partial charge >= 0.3 is 0 Å². The van der Waals surface area contributed by atoms with Gasteiger partial charge in [-0.15, -0.1) is 5.10 Å². The highest BCUT2D eigenvalue weighted by Crippen LogP contribution is 2.35. The fourth-order valence-electron chi connectivity index (χ4n) is 1.62. The molecule has 7 heteroatoms. The van der Waals surface area contributed by atoms with E-state index in [9.17, 15) is 0 Å². The van der Waals surface area contributed by atoms with Crippen LogP contribution in [0.5, 0.6) is 11.5 Å². The highest BCUT2D eigenvalue weighted by atomic mass is 32.1. The van der Waals surface area contributed by atoms with Crippen LogP contribution in [0.25, 0.3) is 11.0 Å². The van der Waals surface area contributed by atoms with E-state index < -0.39 is 0 Å². The van der Waals surface area contributed by atoms with Crippen molar-refractivity contribution in [1.82, 2.24) is 15.0 Å². The molecule has 2 heterocycles. The predicted octanol–water partition coefficient (Wildman–Crippen LogP) is 0.446. The van der Waals surface area contributed by atoms with Crippen LogP contribution in [0.2, 0.25) is 0 Å². The molecular formula is C9H8N4O2S. The van der Waals surface area contributed by atoms with Crippen molar-refractivity contribution in [2.45, 2.75) is 6.54 Å². The van der Waals surface area contributed by atoms with Crippen LogP contribution in [-0.4, -0.2) is 26.8 Å². The highest BCUT2D eigenvalue weighted by Gasteiger charge is 2.17. The summed E-state index contributed by atoms with van der Waals surface area (Å²) in [6, 6.07) is 3.62. The first kappa shape index (κ1) is 9.34. The van der Waals surface area contributed by atoms with E-state index in [0.29, 0.717) is 23.0 Å². The molecule has 1 aromatic carbocycles. The SMILES string of the molecule is NC(=S)Cn1nnc2cc3c(cc21)OCO3. The molecule has 0 amide bonds. The van der Waals surface area contributed by atoms with E-state index in [-0.39, 0.29) is 6.79 Å². The molecule has 0 radical (unpaired) electrons. The summed E-state index contributed by atoms with van der Waals surface area (Å²) in [5.41, 5.74) is 7.04. The van der Waals surface area contributed by atoms with Gasteiger partial charge in [-0.2, -0.15) is 0 Å². The molecule has 0 aliphatic carbocycles. The number of hydrogen-bond donors (Lipinski definition) is 1. The number of hydrogen-bond acceptors (Lipinski definition) is 5. The van der Waals surface area contributed by atoms with Gasteiger partial charge in [0.15, 0.2) is 11.5 Å². The molecule has 0 unspecified atom stereocenters. The minimum absolute atomic E-state index is 0.241. The van der Waals surface area contributed by atoms with Gasteiger partial charge in [-0.1, -0.05) is 17.4 Å². The van der Waals surface area contributed by atoms with Crippen molar-refractivity contribution in [2.75, 3.05) is 6.79 Å². The van der Waals surface area contributed by atoms with Crippen LogP contribution in [0.1, 0.15) is 0 Å². The minimum Gasteiger partial charge on any atom is -0.454 e. The fraction of sp³-hybridized carbons (Fsp3) is 0.222. The van der Waals surface area contributed by atoms with Gasteiger partial charge in [0.05, 0.1) is 17.0 Å². The number of thiocarbonyl (C=S) groups is 1. The fourth-order valence-corrected chi connectivity index (χ4v) is 1.74. The zero-order valence-electron chi connectivity index (χ0n) is 8.21. The minimum atomic E-state index is 0.241. The van der Waals surface area contributed by atoms with Crippen LogP contribution in [0.3, 0.4) is 0 Å². The molecule has 3 rings (SSSR count). The second-order valence-electron chi connectivity index (χ2n) is 3.41. The quantitative estimate of drug-likeness (QED) is 0.763. The maximum Gasteiger partial charge on any atom is 0.231 e. The number of benzene rings is 1. The monoisotopic (exact) mass is 236 g/mol. The van der Waals surface area contributed by atoms with Gasteiger partial charge in [-0.05, 0) is 0 Å². The van der Waals surface area contributed by atoms with Crippen molar-refractivity contribution in [3.05, 3.63) is 12.1 Å². The van der Waals surface area contributed by atoms with E-state index in [1.165, 1.54) is 0 Å². The zero-order valence-corrected chi connectivity index (χ0v) is 9.03. The Bertz CT molecular complexity index is 580. The molecule has 1 aliphatic heterocycles. The summed E-state index contributed by atoms with van der Waals surface area (Å²) >= 11 is 4.84. The molecule has 0 fully saturated rings. The molecule has 2 aromatic rings. The average molecular weight is 236 g/mol. The summed E-state index contributed by atoms with van der Waals surface area (Å²) in [5, 5.41) is 7.98. The lowest BCUT2D eigenvalue weighted by atomic mass is 10.2. The van der Waals surface area contributed by atoms with E-state index in [2.05, 4.69) is 10.3 Å². The Labute approximate surface area is 95.9 Å². The highest BCUT2D eigenvalue weighted by molar-refractivity contribution is 7.80. The molecule has 2 N–H and O–H groups in total. The van der Waals surface area contributed by atoms with E-state index in [4.69, 9.17) is 27.4 Å². The van der Waals surface area contributed by atoms with Gasteiger partial charge in [-0.3, -0.25) is 0 Å². The Morgan fingerprint density at radius 2 is 2.19 bits per heavy atom. The molecular weight excluding hydrogens is 228 g/mol. The number of aromatic nitrogens is 3. The van der Waals surface area contributed by atoms with Crippen LogP contribution < -0.4 is 15.2 Å². The lowest BCUT2D eigenvalue weighted by molar-refractivity contribution is 0.174. The van der Waals surface area contributed by atoms with Crippen molar-refractivity contribution < 1.29 is 9.47 Å². The molecule has 0 spiro atoms. The van der Waals surface area contributed by atoms with Gasteiger partial charge in [0.25, 0.3) is 0 Å². The number of nitrogens with zero attached hydrogens (tertiary/aromatic N) is 3. The maximum absolute atomic E-state index is 5.47. The summed E-state index contributed by atoms with van der Waals surface area (Å²) in [6.07, 6.45) is 0. The summed E-state index contributed by atoms with van der Waals surface area (Å²) in [6.45, 7) is 0.607. The second-order valence-corrected chi connectivity index (χ2v) is 3.93. The van der Waals surface area contributed by atoms with E-state index in [1.54, 1.807) is 10.7 Å². The van der Waals surface area contributed by atoms with E-state index in [0.717, 1.165) is 11.0 Å². The van der Waals surface area contributed by atoms with Crippen LogP contribution in [0, 0.1) is 0 Å². The third kappa shape index (κ3) is 1.36. The predicted molar refractivity (Wildman–Crippen MR) is 60.4 cm³/mol. The van der Waals surface area contributed by atoms with Crippen molar-refractivity contribution in [3.63, 3.8) is 0 Å². The Morgan fingerprint density at radius 3 is 2.94 bits per heavy atom. The summed E-state index contributed by atoms with van der Waals surface area (Å²) in [7, 11) is 0. The molecule has 0 atom stereocenters. The van der Waals surface area contributed by atoms with Crippen LogP contribution >= 0.6 is 12.2 Å². The Kier molecular flexibility index (Phi) is 1.93. The molecule has 1 aromatic heterocycles. The van der Waals surface area contributed by atoms with Gasteiger partial charge in [0.2, 0.25) is 6.79 Å². The molecule has 0 saturated heterocycles. The van der Waals surface area contributed by atoms with Gasteiger partial charge < -0.3 is 15.2 Å². The van der Waals surface area contributed by atoms with Crippen molar-refractivity contribution in [3.8, 4) is 11.5 Å². The van der Waals surface area contributed by atoms with E-state index >= 15 is 0 Å². The van der Waals surface area contributed by atoms with Gasteiger partial charge in [0, 0.05) is 12.1 Å². The molecule has 0 saturated carbocycles. The molecule has 16 heavy (non-hydrogen) atoms. The Balaban J connectivity index is 2.15. The van der Waals surface area contributed by atoms with Crippen LogP contribution in [0.15, 0.2) is 12.1 Å². The number of fused-ring (bicyclic) bond motifs is 2. The van der Waals surface area contributed by atoms with Crippen LogP contribution in [0.4, 0.5) is 0 Å². The molecule has 82 valence electrons. The van der Waals surface area contributed by atoms with E-state index in [1.807, 2.05) is 6.07 Å². The third-order valence-electron chi connectivity index (χ3n) is 2.31. The topological polar surface area (TPSA) is 75.2 Å². The average Bonchev–Trinajstić information content (AvgIpc) is 2.81. The first-order valence-electron chi connectivity index (χ1n) is 4.65. The van der Waals surface area contributed by atoms with Crippen LogP contribution in [-0.2, 0) is 6.54 Å². The second kappa shape index (κ2) is 3.31. The van der Waals surface area contributed by atoms with Gasteiger partial charge in [-0.25, -0.2) is 4.68 Å². The Hall–Kier alpha value is -1.89. The van der Waals surface area contributed by atoms with Gasteiger partial charge in [0.1, 0.15) is 5.52 Å². The lowest BCUT2D eigenvalue weighted by Gasteiger charge is -2.00. The summed E-state index contributed by atoms with van der Waals surface area (Å²) < 4.78 is 12.2. The summed E-state index contributed by atoms with van der Waals surface area (Å²) in [5.74, 6) is 1.38. The number of ether oxygens (including phenoxy) is 2. The van der Waals surface area contributed by atoms with Crippen molar-refractivity contribution >= 4 is 28.2 Å². The largest absolute Gasteiger partial charge is 0.454 e. The number of nitrogens with two attached hydrogens (primary N) is 1. The standard InChI is InChI=1S/C9H8N4O2S/c10-9(16)3-13-6-2-8-7(14-4-15-8)1-5(6)11-12-13/h1-2H,3-4H2,(H2,10,16). The zero-order chi connectivity index (χ0) is 11.1. The first-order chi connectivity index (χ1) is 7.74. The third-order valence-corrected chi connectivity index (χ3v) is 2.44. The maximum atomic E-state index is 5.47. The number of rotatable bonds is 2. The molecule has 1 aliphatic rings. The normalized spacial score (nSPS) is 13.2. The Morgan fingerprint density at radius 1 is 1.44 bits per heavy atom. The first-order valence-corrected chi connectivity index (χ1v) is 5.06. The molecule has 6 nitrogen and oxygen atoms in total. The smallest absolute Gasteiger partial charge is 0.231 e. The lowest BCUT2D eigenvalue weighted by Crippen LogP contribution is -2.17. The molecule has 0 bridgehead atoms. The van der Waals surface area contributed by atoms with Crippen molar-refractivity contribution in [1.29, 1.82) is 0 Å². The van der Waals surface area contributed by atoms with Crippen molar-refractivity contribution in [2.24, 2.45) is 5.73 Å².